The number of phenolic OH excluding ortho intramolecular Hbond substituents is 1. The number of nitrogens with zero attached hydrogens (tertiary/aromatic N) is 4. The van der Waals surface area contributed by atoms with E-state index in [-0.39, 0.29) is 23.0 Å². The van der Waals surface area contributed by atoms with Crippen molar-refractivity contribution in [1.29, 1.82) is 0 Å². The number of halogens is 5. The number of carbonyl (C=O) groups is 1. The van der Waals surface area contributed by atoms with Crippen molar-refractivity contribution in [3.05, 3.63) is 82.5 Å². The normalized spacial score (nSPS) is 12.1. The van der Waals surface area contributed by atoms with Gasteiger partial charge in [-0.25, -0.2) is 9.38 Å². The number of H-pyrrole nitrogens is 1. The lowest BCUT2D eigenvalue weighted by Crippen LogP contribution is -2.33. The smallest absolute Gasteiger partial charge is 0.435 e. The van der Waals surface area contributed by atoms with Crippen molar-refractivity contribution >= 4 is 29.0 Å². The van der Waals surface area contributed by atoms with Gasteiger partial charge in [0.05, 0.1) is 22.0 Å². The highest BCUT2D eigenvalue weighted by atomic mass is 35.5. The number of amidine groups is 1. The second-order valence-corrected chi connectivity index (χ2v) is 8.06. The Hall–Kier alpha value is -4.19. The number of para-hydroxylation sites is 1. The van der Waals surface area contributed by atoms with Crippen LogP contribution in [0.1, 0.15) is 21.7 Å². The molecule has 0 radical (unpaired) electrons. The fraction of sp³-hybridized carbons (Fsp3) is 0.130. The lowest BCUT2D eigenvalue weighted by atomic mass is 10.1. The number of aliphatic imine (C=N–C) groups is 1. The molecule has 2 aromatic heterocycles. The van der Waals surface area contributed by atoms with Gasteiger partial charge in [0.15, 0.2) is 17.3 Å². The van der Waals surface area contributed by atoms with Crippen molar-refractivity contribution in [2.24, 2.45) is 12.0 Å². The van der Waals surface area contributed by atoms with E-state index in [1.165, 1.54) is 19.2 Å². The molecule has 0 spiro atoms. The third kappa shape index (κ3) is 5.54. The Morgan fingerprint density at radius 1 is 1.22 bits per heavy atom. The molecule has 0 atom stereocenters. The fourth-order valence-electron chi connectivity index (χ4n) is 3.31. The molecule has 0 bridgehead atoms. The summed E-state index contributed by atoms with van der Waals surface area (Å²) in [6.07, 6.45) is -3.98. The Morgan fingerprint density at radius 2 is 1.97 bits per heavy atom. The van der Waals surface area contributed by atoms with E-state index in [1.807, 2.05) is 0 Å². The minimum atomic E-state index is -4.84. The Kier molecular flexibility index (Phi) is 6.80. The van der Waals surface area contributed by atoms with E-state index in [4.69, 9.17) is 11.6 Å². The molecular weight excluding hydrogens is 504 g/mol. The Balaban J connectivity index is 1.66. The van der Waals surface area contributed by atoms with Crippen LogP contribution in [0.4, 0.5) is 23.2 Å². The number of aromatic nitrogens is 4. The van der Waals surface area contributed by atoms with Crippen molar-refractivity contribution in [3.63, 3.8) is 0 Å². The van der Waals surface area contributed by atoms with Gasteiger partial charge in [-0.15, -0.1) is 0 Å². The maximum atomic E-state index is 13.7. The zero-order chi connectivity index (χ0) is 26.0. The predicted octanol–water partition coefficient (Wildman–Crippen LogP) is 5.03. The number of aromatic hydroxyl groups is 1. The summed E-state index contributed by atoms with van der Waals surface area (Å²) < 4.78 is 54.7. The molecule has 0 saturated heterocycles. The maximum absolute atomic E-state index is 13.7. The monoisotopic (exact) mass is 520 g/mol. The number of benzene rings is 2. The number of phenols is 1. The fourth-order valence-corrected chi connectivity index (χ4v) is 3.49. The number of hydrogen-bond acceptors (Lipinski definition) is 5. The molecule has 0 aliphatic rings. The van der Waals surface area contributed by atoms with Crippen LogP contribution in [-0.4, -0.2) is 36.8 Å². The van der Waals surface area contributed by atoms with E-state index in [1.54, 1.807) is 30.3 Å². The van der Waals surface area contributed by atoms with Crippen LogP contribution >= 0.6 is 11.6 Å². The van der Waals surface area contributed by atoms with E-state index in [9.17, 15) is 27.5 Å². The van der Waals surface area contributed by atoms with E-state index >= 15 is 0 Å². The van der Waals surface area contributed by atoms with Gasteiger partial charge in [0.1, 0.15) is 5.84 Å². The molecule has 0 aliphatic carbocycles. The van der Waals surface area contributed by atoms with Gasteiger partial charge in [-0.3, -0.25) is 14.6 Å². The molecule has 0 fully saturated rings. The van der Waals surface area contributed by atoms with Crippen molar-refractivity contribution in [3.8, 4) is 17.0 Å². The van der Waals surface area contributed by atoms with Gasteiger partial charge in [0, 0.05) is 30.9 Å². The summed E-state index contributed by atoms with van der Waals surface area (Å²) in [7, 11) is 1.27. The molecule has 8 nitrogen and oxygen atoms in total. The molecule has 186 valence electrons. The number of alkyl halides is 3. The van der Waals surface area contributed by atoms with Crippen LogP contribution in [0.15, 0.2) is 59.7 Å². The van der Waals surface area contributed by atoms with Gasteiger partial charge >= 0.3 is 6.18 Å². The van der Waals surface area contributed by atoms with Crippen LogP contribution in [0.25, 0.3) is 11.3 Å². The summed E-state index contributed by atoms with van der Waals surface area (Å²) in [6, 6.07) is 11.7. The van der Waals surface area contributed by atoms with Crippen molar-refractivity contribution < 1.29 is 27.5 Å². The number of amides is 1. The molecule has 4 aromatic rings. The predicted molar refractivity (Wildman–Crippen MR) is 124 cm³/mol. The molecule has 0 saturated carbocycles. The van der Waals surface area contributed by atoms with Crippen LogP contribution in [0.5, 0.6) is 5.75 Å². The summed E-state index contributed by atoms with van der Waals surface area (Å²) in [5.74, 6) is -2.44. The van der Waals surface area contributed by atoms with Crippen LogP contribution in [0.2, 0.25) is 5.02 Å². The Bertz CT molecular complexity index is 1460. The number of nitrogens with one attached hydrogen (secondary N) is 2. The molecule has 0 aliphatic heterocycles. The van der Waals surface area contributed by atoms with Gasteiger partial charge in [-0.2, -0.15) is 23.4 Å². The molecule has 1 amide bonds. The molecule has 2 heterocycles. The lowest BCUT2D eigenvalue weighted by Gasteiger charge is -2.10. The number of aromatic amines is 1. The minimum Gasteiger partial charge on any atom is -0.505 e. The van der Waals surface area contributed by atoms with Gasteiger partial charge in [-0.1, -0.05) is 23.7 Å². The first kappa shape index (κ1) is 24.9. The number of aryl methyl sites for hydroxylation is 1. The lowest BCUT2D eigenvalue weighted by molar-refractivity contribution is -0.141. The van der Waals surface area contributed by atoms with Crippen LogP contribution in [-0.2, 0) is 19.6 Å². The molecule has 36 heavy (non-hydrogen) atoms. The summed E-state index contributed by atoms with van der Waals surface area (Å²) in [5, 5.41) is 22.2. The van der Waals surface area contributed by atoms with E-state index in [2.05, 4.69) is 25.6 Å². The van der Waals surface area contributed by atoms with E-state index in [0.717, 1.165) is 16.9 Å². The highest BCUT2D eigenvalue weighted by Crippen LogP contribution is 2.31. The minimum absolute atomic E-state index is 0.0304. The van der Waals surface area contributed by atoms with Crippen molar-refractivity contribution in [2.45, 2.75) is 12.6 Å². The van der Waals surface area contributed by atoms with E-state index < -0.39 is 34.9 Å². The van der Waals surface area contributed by atoms with Crippen molar-refractivity contribution in [1.82, 2.24) is 25.3 Å². The highest BCUT2D eigenvalue weighted by molar-refractivity contribution is 6.33. The van der Waals surface area contributed by atoms with Crippen molar-refractivity contribution in [2.75, 3.05) is 0 Å². The SMILES string of the molecule is Cn1cc(C(=O)NC(Cc2cc(-c3ccc(O)c(F)c3)n[nH]2)=Nc2ccccc2Cl)c(C(F)(F)F)n1. The number of hydrogen-bond donors (Lipinski definition) is 3. The summed E-state index contributed by atoms with van der Waals surface area (Å²) in [5.41, 5.74) is -0.631. The zero-order valence-corrected chi connectivity index (χ0v) is 19.2. The zero-order valence-electron chi connectivity index (χ0n) is 18.4. The van der Waals surface area contributed by atoms with Crippen LogP contribution in [0.3, 0.4) is 0 Å². The summed E-state index contributed by atoms with van der Waals surface area (Å²) in [4.78, 5) is 17.2. The molecule has 4 rings (SSSR count). The molecular formula is C23H17ClF4N6O2. The molecule has 13 heteroatoms. The summed E-state index contributed by atoms with van der Waals surface area (Å²) >= 11 is 6.17. The first-order chi connectivity index (χ1) is 17.0. The Morgan fingerprint density at radius 3 is 2.67 bits per heavy atom. The average molecular weight is 521 g/mol. The molecule has 0 unspecified atom stereocenters. The van der Waals surface area contributed by atoms with Gasteiger partial charge in [0.2, 0.25) is 0 Å². The molecule has 2 aromatic carbocycles. The summed E-state index contributed by atoms with van der Waals surface area (Å²) in [6.45, 7) is 0. The third-order valence-corrected chi connectivity index (χ3v) is 5.26. The highest BCUT2D eigenvalue weighted by Gasteiger charge is 2.39. The third-order valence-electron chi connectivity index (χ3n) is 4.94. The topological polar surface area (TPSA) is 108 Å². The van der Waals surface area contributed by atoms with Crippen LogP contribution < -0.4 is 5.32 Å². The van der Waals surface area contributed by atoms with Gasteiger partial charge < -0.3 is 10.4 Å². The first-order valence-corrected chi connectivity index (χ1v) is 10.7. The largest absolute Gasteiger partial charge is 0.505 e. The quantitative estimate of drug-likeness (QED) is 0.195. The number of rotatable bonds is 5. The first-order valence-electron chi connectivity index (χ1n) is 10.3. The van der Waals surface area contributed by atoms with Gasteiger partial charge in [0.25, 0.3) is 5.91 Å². The maximum Gasteiger partial charge on any atom is 0.435 e. The second kappa shape index (κ2) is 9.82. The van der Waals surface area contributed by atoms with Crippen LogP contribution in [0, 0.1) is 5.82 Å². The van der Waals surface area contributed by atoms with E-state index in [0.29, 0.717) is 17.0 Å². The standard InChI is InChI=1S/C23H17ClF4N6O2/c1-34-11-14(21(33-34)23(26,27)28)22(36)30-20(29-17-5-3-2-4-15(17)24)10-13-9-18(32-31-13)12-6-7-19(35)16(25)8-12/h2-9,11,35H,10H2,1H3,(H,31,32)(H,29,30,36). The average Bonchev–Trinajstić information content (AvgIpc) is 3.44. The second-order valence-electron chi connectivity index (χ2n) is 7.65. The Labute approximate surface area is 206 Å². The molecule has 3 N–H and O–H groups in total. The van der Waals surface area contributed by atoms with Gasteiger partial charge in [-0.05, 0) is 36.4 Å². The number of carbonyl (C=O) groups excluding carboxylic acids is 1.